The molecule has 19 heteroatoms. The number of esters is 4. The molecule has 0 rings (SSSR count). The molecule has 3 N–H and O–H groups in total. The van der Waals surface area contributed by atoms with Crippen molar-refractivity contribution < 1.29 is 80.2 Å². The Hall–Kier alpha value is -1.94. The fourth-order valence-corrected chi connectivity index (χ4v) is 14.1. The Morgan fingerprint density at radius 3 is 0.703 bits per heavy atom. The van der Waals surface area contributed by atoms with Crippen LogP contribution < -0.4 is 0 Å². The summed E-state index contributed by atoms with van der Waals surface area (Å²) in [6.45, 7) is 14.3. The first-order valence-electron chi connectivity index (χ1n) is 42.3. The Labute approximate surface area is 619 Å². The van der Waals surface area contributed by atoms with Crippen LogP contribution in [0.4, 0.5) is 0 Å². The summed E-state index contributed by atoms with van der Waals surface area (Å²) in [4.78, 5) is 73.0. The summed E-state index contributed by atoms with van der Waals surface area (Å²) >= 11 is 0. The zero-order valence-corrected chi connectivity index (χ0v) is 68.3. The van der Waals surface area contributed by atoms with Crippen molar-refractivity contribution in [1.29, 1.82) is 0 Å². The molecular formula is C82H160O17P2. The van der Waals surface area contributed by atoms with Gasteiger partial charge >= 0.3 is 39.5 Å². The summed E-state index contributed by atoms with van der Waals surface area (Å²) in [6, 6.07) is 0. The molecule has 0 aromatic heterocycles. The Bertz CT molecular complexity index is 1980. The maximum Gasteiger partial charge on any atom is 0.472 e. The molecule has 0 bridgehead atoms. The molecule has 0 aliphatic heterocycles. The van der Waals surface area contributed by atoms with E-state index >= 15 is 0 Å². The van der Waals surface area contributed by atoms with Crippen LogP contribution in [0.25, 0.3) is 0 Å². The van der Waals surface area contributed by atoms with Crippen LogP contribution in [0, 0.1) is 23.7 Å². The summed E-state index contributed by atoms with van der Waals surface area (Å²) in [6.07, 6.45) is 58.3. The van der Waals surface area contributed by atoms with Gasteiger partial charge in [0, 0.05) is 25.7 Å². The van der Waals surface area contributed by atoms with Crippen molar-refractivity contribution in [2.45, 2.75) is 440 Å². The van der Waals surface area contributed by atoms with Gasteiger partial charge < -0.3 is 33.8 Å². The second kappa shape index (κ2) is 71.0. The van der Waals surface area contributed by atoms with Crippen LogP contribution in [0.3, 0.4) is 0 Å². The van der Waals surface area contributed by atoms with Gasteiger partial charge in [-0.1, -0.05) is 370 Å². The number of hydrogen-bond donors (Lipinski definition) is 3. The van der Waals surface area contributed by atoms with E-state index in [4.69, 9.17) is 37.0 Å². The average molecular weight is 1480 g/mol. The first-order chi connectivity index (χ1) is 48.7. The van der Waals surface area contributed by atoms with Crippen LogP contribution in [0.5, 0.6) is 0 Å². The van der Waals surface area contributed by atoms with Crippen LogP contribution in [-0.2, 0) is 65.4 Å². The number of phosphoric acid groups is 2. The number of carbonyl (C=O) groups excluding carboxylic acids is 4. The number of unbranched alkanes of at least 4 members (excludes halogenated alkanes) is 43. The van der Waals surface area contributed by atoms with Crippen LogP contribution in [0.2, 0.25) is 0 Å². The normalized spacial score (nSPS) is 14.5. The third kappa shape index (κ3) is 73.4. The number of aliphatic hydroxyl groups is 1. The monoisotopic (exact) mass is 1480 g/mol. The highest BCUT2D eigenvalue weighted by Crippen LogP contribution is 2.45. The fraction of sp³-hybridized carbons (Fsp3) is 0.951. The van der Waals surface area contributed by atoms with Gasteiger partial charge in [-0.2, -0.15) is 0 Å². The summed E-state index contributed by atoms with van der Waals surface area (Å²) in [5.74, 6) is 1.03. The first-order valence-corrected chi connectivity index (χ1v) is 45.3. The summed E-state index contributed by atoms with van der Waals surface area (Å²) in [5.41, 5.74) is 0. The minimum atomic E-state index is -4.96. The molecule has 0 aromatic carbocycles. The minimum Gasteiger partial charge on any atom is -0.462 e. The van der Waals surface area contributed by atoms with Crippen LogP contribution in [0.1, 0.15) is 421 Å². The Morgan fingerprint density at radius 2 is 0.475 bits per heavy atom. The van der Waals surface area contributed by atoms with E-state index in [1.165, 1.54) is 218 Å². The van der Waals surface area contributed by atoms with Crippen LogP contribution in [-0.4, -0.2) is 96.7 Å². The highest BCUT2D eigenvalue weighted by Gasteiger charge is 2.30. The summed E-state index contributed by atoms with van der Waals surface area (Å²) in [5, 5.41) is 10.6. The SMILES string of the molecule is CCC(C)CCCCCCCCCCCCC(=O)O[C@H](COC(=O)CCCCCCCCCCCCCCCCCCCCC(C)C)COP(=O)(O)OC[C@@H](O)COP(=O)(O)OC[C@@H](COC(=O)CCCCCCCCC(C)CC)OC(=O)CCCCCCCCCCCCCCCC(C)C. The first kappa shape index (κ1) is 99.1. The molecule has 0 amide bonds. The number of rotatable bonds is 79. The lowest BCUT2D eigenvalue weighted by Crippen LogP contribution is -2.30. The van der Waals surface area contributed by atoms with E-state index in [1.54, 1.807) is 0 Å². The van der Waals surface area contributed by atoms with Crippen LogP contribution in [0.15, 0.2) is 0 Å². The quantitative estimate of drug-likeness (QED) is 0.0222. The van der Waals surface area contributed by atoms with Gasteiger partial charge in [-0.25, -0.2) is 9.13 Å². The Kier molecular flexibility index (Phi) is 69.6. The van der Waals surface area contributed by atoms with Crippen LogP contribution >= 0.6 is 15.6 Å². The third-order valence-corrected chi connectivity index (χ3v) is 21.7. The number of phosphoric ester groups is 2. The molecule has 7 atom stereocenters. The van der Waals surface area contributed by atoms with Gasteiger partial charge in [-0.3, -0.25) is 37.3 Å². The van der Waals surface area contributed by atoms with Gasteiger partial charge in [0.1, 0.15) is 19.3 Å². The number of carbonyl (C=O) groups is 4. The van der Waals surface area contributed by atoms with E-state index in [2.05, 4.69) is 55.4 Å². The lowest BCUT2D eigenvalue weighted by molar-refractivity contribution is -0.161. The average Bonchev–Trinajstić information content (AvgIpc) is 0.971. The lowest BCUT2D eigenvalue weighted by Gasteiger charge is -2.21. The minimum absolute atomic E-state index is 0.106. The molecule has 101 heavy (non-hydrogen) atoms. The van der Waals surface area contributed by atoms with Crippen molar-refractivity contribution in [3.63, 3.8) is 0 Å². The molecule has 0 radical (unpaired) electrons. The predicted octanol–water partition coefficient (Wildman–Crippen LogP) is 24.4. The molecule has 0 saturated carbocycles. The molecule has 0 fully saturated rings. The van der Waals surface area contributed by atoms with Crippen molar-refractivity contribution in [2.24, 2.45) is 23.7 Å². The van der Waals surface area contributed by atoms with E-state index in [0.29, 0.717) is 25.7 Å². The third-order valence-electron chi connectivity index (χ3n) is 19.8. The van der Waals surface area contributed by atoms with Crippen molar-refractivity contribution in [1.82, 2.24) is 0 Å². The zero-order valence-electron chi connectivity index (χ0n) is 66.5. The zero-order chi connectivity index (χ0) is 74.6. The van der Waals surface area contributed by atoms with Gasteiger partial charge in [0.25, 0.3) is 0 Å². The molecule has 0 spiro atoms. The second-order valence-corrected chi connectivity index (χ2v) is 33.9. The molecule has 0 saturated heterocycles. The Morgan fingerprint density at radius 1 is 0.277 bits per heavy atom. The van der Waals surface area contributed by atoms with E-state index in [0.717, 1.165) is 120 Å². The van der Waals surface area contributed by atoms with Crippen molar-refractivity contribution >= 4 is 39.5 Å². The standard InChI is InChI=1S/C82H160O17P2/c1-9-74(7)60-52-44-36-30-26-27-33-39-49-57-65-82(87)98-77(68-92-79(84)62-54-46-37-31-24-20-16-14-12-11-13-15-18-22-28-34-42-50-58-72(3)4)70-96-100(88,89)94-66-76(83)67-95-101(90,91)97-71-78(69-93-80(85)63-55-47-41-40-45-53-61-75(8)10-2)99-81(86)64-56-48-38-32-25-21-17-19-23-29-35-43-51-59-73(5)6/h72-78,83H,9-71H2,1-8H3,(H,88,89)(H,90,91)/t74?,75?,76-,77-,78-/m1/s1. The number of ether oxygens (including phenoxy) is 4. The molecule has 0 aliphatic rings. The van der Waals surface area contributed by atoms with E-state index in [9.17, 15) is 43.2 Å². The molecule has 0 heterocycles. The summed E-state index contributed by atoms with van der Waals surface area (Å²) < 4.78 is 68.7. The molecule has 17 nitrogen and oxygen atoms in total. The van der Waals surface area contributed by atoms with E-state index in [-0.39, 0.29) is 25.7 Å². The maximum absolute atomic E-state index is 13.1. The highest BCUT2D eigenvalue weighted by molar-refractivity contribution is 7.47. The Balaban J connectivity index is 5.21. The smallest absolute Gasteiger partial charge is 0.462 e. The topological polar surface area (TPSA) is 237 Å². The fourth-order valence-electron chi connectivity index (χ4n) is 12.5. The van der Waals surface area contributed by atoms with Gasteiger partial charge in [0.2, 0.25) is 0 Å². The van der Waals surface area contributed by atoms with E-state index in [1.807, 2.05) is 0 Å². The van der Waals surface area contributed by atoms with Gasteiger partial charge in [0.15, 0.2) is 12.2 Å². The number of aliphatic hydroxyl groups excluding tert-OH is 1. The van der Waals surface area contributed by atoms with Crippen molar-refractivity contribution in [3.05, 3.63) is 0 Å². The molecular weight excluding hydrogens is 1320 g/mol. The van der Waals surface area contributed by atoms with E-state index < -0.39 is 97.5 Å². The lowest BCUT2D eigenvalue weighted by atomic mass is 9.99. The van der Waals surface area contributed by atoms with Gasteiger partial charge in [-0.15, -0.1) is 0 Å². The maximum atomic E-state index is 13.1. The van der Waals surface area contributed by atoms with Crippen molar-refractivity contribution in [2.75, 3.05) is 39.6 Å². The molecule has 0 aliphatic carbocycles. The predicted molar refractivity (Wildman–Crippen MR) is 414 cm³/mol. The largest absolute Gasteiger partial charge is 0.472 e. The number of hydrogen-bond acceptors (Lipinski definition) is 15. The van der Waals surface area contributed by atoms with Gasteiger partial charge in [-0.05, 0) is 49.4 Å². The molecule has 0 aromatic rings. The second-order valence-electron chi connectivity index (χ2n) is 31.0. The molecule has 4 unspecified atom stereocenters. The van der Waals surface area contributed by atoms with Gasteiger partial charge in [0.05, 0.1) is 26.4 Å². The molecule has 600 valence electrons. The summed E-state index contributed by atoms with van der Waals surface area (Å²) in [7, 11) is -9.92. The van der Waals surface area contributed by atoms with Crippen molar-refractivity contribution in [3.8, 4) is 0 Å². The highest BCUT2D eigenvalue weighted by atomic mass is 31.2.